The summed E-state index contributed by atoms with van der Waals surface area (Å²) in [5, 5.41) is 9.22. The minimum atomic E-state index is -0.343. The van der Waals surface area contributed by atoms with E-state index in [0.717, 1.165) is 5.56 Å². The molecule has 33 heavy (non-hydrogen) atoms. The number of nitrogens with one attached hydrogen (secondary N) is 1. The highest BCUT2D eigenvalue weighted by Crippen LogP contribution is 2.26. The van der Waals surface area contributed by atoms with Crippen molar-refractivity contribution in [3.8, 4) is 5.75 Å². The van der Waals surface area contributed by atoms with E-state index in [-0.39, 0.29) is 18.4 Å². The maximum Gasteiger partial charge on any atom is 0.280 e. The number of carbonyl (C=O) groups excluding carboxylic acids is 2. The molecule has 1 aliphatic rings. The fourth-order valence-electron chi connectivity index (χ4n) is 3.21. The summed E-state index contributed by atoms with van der Waals surface area (Å²) in [5.41, 5.74) is 3.10. The second-order valence-electron chi connectivity index (χ2n) is 7.23. The Balaban J connectivity index is 1.42. The van der Waals surface area contributed by atoms with Gasteiger partial charge < -0.3 is 10.1 Å². The summed E-state index contributed by atoms with van der Waals surface area (Å²) in [6.45, 7) is 1.60. The first-order valence-corrected chi connectivity index (χ1v) is 10.8. The van der Waals surface area contributed by atoms with Crippen LogP contribution >= 0.6 is 23.2 Å². The molecule has 0 radical (unpaired) electrons. The fourth-order valence-corrected chi connectivity index (χ4v) is 3.51. The first-order valence-electron chi connectivity index (χ1n) is 10.1. The lowest BCUT2D eigenvalue weighted by atomic mass is 10.1. The predicted octanol–water partition coefficient (Wildman–Crippen LogP) is 5.82. The maximum absolute atomic E-state index is 12.9. The van der Waals surface area contributed by atoms with Crippen LogP contribution in [0.4, 0.5) is 11.4 Å². The van der Waals surface area contributed by atoms with Crippen molar-refractivity contribution in [1.29, 1.82) is 0 Å². The lowest BCUT2D eigenvalue weighted by molar-refractivity contribution is -0.118. The Hall–Kier alpha value is -3.61. The molecular formula is C25H19Cl2N3O3. The third kappa shape index (κ3) is 5.42. The van der Waals surface area contributed by atoms with Crippen LogP contribution in [-0.4, -0.2) is 24.1 Å². The summed E-state index contributed by atoms with van der Waals surface area (Å²) in [7, 11) is 0. The SMILES string of the molecule is CC1=NN(c2ccccc2)C(=O)/C1=C\c1cccc(OCC(=O)Nc2ccc(Cl)c(Cl)c2)c1. The number of para-hydroxylation sites is 1. The van der Waals surface area contributed by atoms with E-state index in [0.29, 0.717) is 38.5 Å². The van der Waals surface area contributed by atoms with Crippen LogP contribution in [0, 0.1) is 0 Å². The van der Waals surface area contributed by atoms with Gasteiger partial charge in [0.2, 0.25) is 0 Å². The van der Waals surface area contributed by atoms with Crippen molar-refractivity contribution in [2.45, 2.75) is 6.92 Å². The average Bonchev–Trinajstić information content (AvgIpc) is 3.09. The molecule has 0 spiro atoms. The topological polar surface area (TPSA) is 71.0 Å². The van der Waals surface area contributed by atoms with Crippen molar-refractivity contribution in [2.24, 2.45) is 5.10 Å². The molecule has 1 N–H and O–H groups in total. The molecular weight excluding hydrogens is 461 g/mol. The first-order chi connectivity index (χ1) is 15.9. The monoisotopic (exact) mass is 479 g/mol. The molecule has 3 aromatic carbocycles. The number of hydrazone groups is 1. The molecule has 0 saturated heterocycles. The quantitative estimate of drug-likeness (QED) is 0.453. The van der Waals surface area contributed by atoms with E-state index in [2.05, 4.69) is 10.4 Å². The van der Waals surface area contributed by atoms with Gasteiger partial charge in [-0.15, -0.1) is 0 Å². The Morgan fingerprint density at radius 1 is 1.03 bits per heavy atom. The highest BCUT2D eigenvalue weighted by Gasteiger charge is 2.28. The van der Waals surface area contributed by atoms with Crippen molar-refractivity contribution in [3.63, 3.8) is 0 Å². The number of ether oxygens (including phenoxy) is 1. The Kier molecular flexibility index (Phi) is 6.77. The van der Waals surface area contributed by atoms with E-state index in [1.54, 1.807) is 49.4 Å². The number of carbonyl (C=O) groups is 2. The normalized spacial score (nSPS) is 14.4. The maximum atomic E-state index is 12.9. The predicted molar refractivity (Wildman–Crippen MR) is 132 cm³/mol. The van der Waals surface area contributed by atoms with Crippen molar-refractivity contribution in [1.82, 2.24) is 0 Å². The minimum absolute atomic E-state index is 0.193. The van der Waals surface area contributed by atoms with Crippen molar-refractivity contribution in [2.75, 3.05) is 16.9 Å². The number of nitrogens with zero attached hydrogens (tertiary/aromatic N) is 2. The third-order valence-electron chi connectivity index (χ3n) is 4.81. The molecule has 1 aliphatic heterocycles. The second-order valence-corrected chi connectivity index (χ2v) is 8.05. The molecule has 0 unspecified atom stereocenters. The standard InChI is InChI=1S/C25H19Cl2N3O3/c1-16-21(25(32)30(29-16)19-7-3-2-4-8-19)13-17-6-5-9-20(12-17)33-15-24(31)28-18-10-11-22(26)23(27)14-18/h2-14H,15H2,1H3,(H,28,31)/b21-13-. The van der Waals surface area contributed by atoms with Crippen LogP contribution in [0.3, 0.4) is 0 Å². The number of halogens is 2. The van der Waals surface area contributed by atoms with Crippen molar-refractivity contribution >= 4 is 58.2 Å². The molecule has 0 atom stereocenters. The van der Waals surface area contributed by atoms with Crippen molar-refractivity contribution in [3.05, 3.63) is 94.0 Å². The summed E-state index contributed by atoms with van der Waals surface area (Å²) < 4.78 is 5.62. The molecule has 0 fully saturated rings. The van der Waals surface area contributed by atoms with Gasteiger partial charge in [0.25, 0.3) is 11.8 Å². The Labute approximate surface area is 201 Å². The van der Waals surface area contributed by atoms with Crippen LogP contribution < -0.4 is 15.1 Å². The fraction of sp³-hybridized carbons (Fsp3) is 0.0800. The molecule has 2 amide bonds. The number of hydrogen-bond donors (Lipinski definition) is 1. The Morgan fingerprint density at radius 2 is 1.82 bits per heavy atom. The molecule has 8 heteroatoms. The molecule has 0 aliphatic carbocycles. The zero-order valence-electron chi connectivity index (χ0n) is 17.6. The largest absolute Gasteiger partial charge is 0.484 e. The number of rotatable bonds is 6. The van der Waals surface area contributed by atoms with E-state index >= 15 is 0 Å². The van der Waals surface area contributed by atoms with Gasteiger partial charge in [0.1, 0.15) is 5.75 Å². The van der Waals surface area contributed by atoms with Gasteiger partial charge in [0.15, 0.2) is 6.61 Å². The highest BCUT2D eigenvalue weighted by molar-refractivity contribution is 6.42. The zero-order chi connectivity index (χ0) is 23.4. The van der Waals surface area contributed by atoms with Crippen LogP contribution in [0.1, 0.15) is 12.5 Å². The number of benzene rings is 3. The van der Waals surface area contributed by atoms with Crippen LogP contribution in [0.5, 0.6) is 5.75 Å². The Bertz CT molecular complexity index is 1270. The number of anilines is 2. The van der Waals surface area contributed by atoms with E-state index < -0.39 is 0 Å². The summed E-state index contributed by atoms with van der Waals surface area (Å²) in [6.07, 6.45) is 1.76. The lowest BCUT2D eigenvalue weighted by Gasteiger charge is -2.11. The van der Waals surface area contributed by atoms with Crippen LogP contribution in [0.15, 0.2) is 83.5 Å². The summed E-state index contributed by atoms with van der Waals surface area (Å²) in [5.74, 6) is -0.0517. The van der Waals surface area contributed by atoms with Gasteiger partial charge >= 0.3 is 0 Å². The molecule has 166 valence electrons. The van der Waals surface area contributed by atoms with Crippen molar-refractivity contribution < 1.29 is 14.3 Å². The highest BCUT2D eigenvalue weighted by atomic mass is 35.5. The molecule has 0 aromatic heterocycles. The van der Waals surface area contributed by atoms with Gasteiger partial charge in [-0.25, -0.2) is 0 Å². The van der Waals surface area contributed by atoms with E-state index in [9.17, 15) is 9.59 Å². The lowest BCUT2D eigenvalue weighted by Crippen LogP contribution is -2.21. The van der Waals surface area contributed by atoms with E-state index in [4.69, 9.17) is 27.9 Å². The Morgan fingerprint density at radius 3 is 2.58 bits per heavy atom. The molecule has 6 nitrogen and oxygen atoms in total. The molecule has 1 heterocycles. The van der Waals surface area contributed by atoms with Gasteiger partial charge in [-0.2, -0.15) is 10.1 Å². The van der Waals surface area contributed by atoms with Gasteiger partial charge in [-0.05, 0) is 61.0 Å². The molecule has 0 bridgehead atoms. The van der Waals surface area contributed by atoms with E-state index in [1.165, 1.54) is 5.01 Å². The van der Waals surface area contributed by atoms with Gasteiger partial charge in [0, 0.05) is 5.69 Å². The summed E-state index contributed by atoms with van der Waals surface area (Å²) in [6, 6.07) is 21.2. The van der Waals surface area contributed by atoms with E-state index in [1.807, 2.05) is 36.4 Å². The number of hydrogen-bond acceptors (Lipinski definition) is 4. The smallest absolute Gasteiger partial charge is 0.280 e. The summed E-state index contributed by atoms with van der Waals surface area (Å²) in [4.78, 5) is 25.1. The third-order valence-corrected chi connectivity index (χ3v) is 5.54. The molecule has 0 saturated carbocycles. The molecule has 3 aromatic rings. The van der Waals surface area contributed by atoms with Gasteiger partial charge in [-0.3, -0.25) is 9.59 Å². The first kappa shape index (κ1) is 22.6. The summed E-state index contributed by atoms with van der Waals surface area (Å²) >= 11 is 11.9. The number of amides is 2. The molecule has 4 rings (SSSR count). The zero-order valence-corrected chi connectivity index (χ0v) is 19.1. The van der Waals surface area contributed by atoms with Crippen LogP contribution in [0.2, 0.25) is 10.0 Å². The van der Waals surface area contributed by atoms with Crippen LogP contribution in [0.25, 0.3) is 6.08 Å². The van der Waals surface area contributed by atoms with Gasteiger partial charge in [0.05, 0.1) is 27.0 Å². The minimum Gasteiger partial charge on any atom is -0.484 e. The average molecular weight is 480 g/mol. The second kappa shape index (κ2) is 9.90. The van der Waals surface area contributed by atoms with Gasteiger partial charge in [-0.1, -0.05) is 53.5 Å². The van der Waals surface area contributed by atoms with Crippen LogP contribution in [-0.2, 0) is 9.59 Å².